The van der Waals surface area contributed by atoms with Gasteiger partial charge in [0, 0.05) is 31.1 Å². The predicted molar refractivity (Wildman–Crippen MR) is 58.4 cm³/mol. The van der Waals surface area contributed by atoms with Crippen molar-refractivity contribution in [3.05, 3.63) is 17.6 Å². The zero-order valence-corrected chi connectivity index (χ0v) is 9.04. The van der Waals surface area contributed by atoms with Crippen molar-refractivity contribution in [1.29, 1.82) is 0 Å². The number of nitrogens with one attached hydrogen (secondary N) is 1. The maximum Gasteiger partial charge on any atom is 0.133 e. The lowest BCUT2D eigenvalue weighted by atomic mass is 10.2. The van der Waals surface area contributed by atoms with E-state index in [2.05, 4.69) is 29.1 Å². The molecule has 0 aromatic carbocycles. The molecule has 0 aliphatic carbocycles. The molecule has 78 valence electrons. The second-order valence-electron chi connectivity index (χ2n) is 3.55. The normalized spacial score (nSPS) is 10.6. The number of aromatic nitrogens is 2. The van der Waals surface area contributed by atoms with Gasteiger partial charge in [-0.15, -0.1) is 0 Å². The number of nitrogens with zero attached hydrogens (tertiary/aromatic N) is 2. The molecule has 4 nitrogen and oxygen atoms in total. The topological polar surface area (TPSA) is 63.8 Å². The molecule has 1 rings (SSSR count). The van der Waals surface area contributed by atoms with Crippen molar-refractivity contribution >= 4 is 5.82 Å². The Hall–Kier alpha value is -1.16. The van der Waals surface area contributed by atoms with Crippen LogP contribution >= 0.6 is 0 Å². The van der Waals surface area contributed by atoms with Crippen molar-refractivity contribution in [3.63, 3.8) is 0 Å². The molecule has 1 heterocycles. The lowest BCUT2D eigenvalue weighted by molar-refractivity contribution is 0.755. The molecule has 0 radical (unpaired) electrons. The molecule has 0 fully saturated rings. The quantitative estimate of drug-likeness (QED) is 0.754. The molecule has 0 bridgehead atoms. The third-order valence-corrected chi connectivity index (χ3v) is 1.97. The first-order valence-electron chi connectivity index (χ1n) is 4.93. The highest BCUT2D eigenvalue weighted by molar-refractivity contribution is 5.35. The molecule has 0 saturated heterocycles. The Labute approximate surface area is 85.0 Å². The first kappa shape index (κ1) is 10.9. The van der Waals surface area contributed by atoms with Crippen LogP contribution in [0.1, 0.15) is 31.3 Å². The molecule has 3 N–H and O–H groups in total. The van der Waals surface area contributed by atoms with Crippen molar-refractivity contribution < 1.29 is 0 Å². The van der Waals surface area contributed by atoms with E-state index in [4.69, 9.17) is 5.73 Å². The van der Waals surface area contributed by atoms with Gasteiger partial charge < -0.3 is 11.1 Å². The summed E-state index contributed by atoms with van der Waals surface area (Å²) >= 11 is 0. The van der Waals surface area contributed by atoms with Gasteiger partial charge >= 0.3 is 0 Å². The van der Waals surface area contributed by atoms with Crippen molar-refractivity contribution in [2.24, 2.45) is 5.73 Å². The summed E-state index contributed by atoms with van der Waals surface area (Å²) in [6, 6.07) is 1.94. The van der Waals surface area contributed by atoms with E-state index in [-0.39, 0.29) is 0 Å². The minimum absolute atomic E-state index is 0.347. The zero-order valence-electron chi connectivity index (χ0n) is 9.04. The van der Waals surface area contributed by atoms with Crippen LogP contribution in [-0.4, -0.2) is 23.6 Å². The van der Waals surface area contributed by atoms with Crippen LogP contribution in [0.25, 0.3) is 0 Å². The van der Waals surface area contributed by atoms with Gasteiger partial charge in [-0.3, -0.25) is 0 Å². The third kappa shape index (κ3) is 2.67. The SMILES string of the molecule is CNc1cc(CCN)nc(C(C)C)n1. The summed E-state index contributed by atoms with van der Waals surface area (Å²) in [5.41, 5.74) is 6.51. The van der Waals surface area contributed by atoms with E-state index in [1.54, 1.807) is 0 Å². The monoisotopic (exact) mass is 194 g/mol. The van der Waals surface area contributed by atoms with Crippen LogP contribution in [-0.2, 0) is 6.42 Å². The minimum atomic E-state index is 0.347. The summed E-state index contributed by atoms with van der Waals surface area (Å²) < 4.78 is 0. The van der Waals surface area contributed by atoms with Gasteiger partial charge in [0.05, 0.1) is 0 Å². The van der Waals surface area contributed by atoms with E-state index < -0.39 is 0 Å². The molecular formula is C10H18N4. The van der Waals surface area contributed by atoms with Gasteiger partial charge in [-0.25, -0.2) is 9.97 Å². The minimum Gasteiger partial charge on any atom is -0.373 e. The number of nitrogens with two attached hydrogens (primary N) is 1. The average molecular weight is 194 g/mol. The molecule has 0 saturated carbocycles. The van der Waals surface area contributed by atoms with Crippen LogP contribution in [0.2, 0.25) is 0 Å². The summed E-state index contributed by atoms with van der Waals surface area (Å²) in [7, 11) is 1.86. The maximum atomic E-state index is 5.50. The van der Waals surface area contributed by atoms with Crippen LogP contribution < -0.4 is 11.1 Å². The molecular weight excluding hydrogens is 176 g/mol. The van der Waals surface area contributed by atoms with Crippen LogP contribution in [0.5, 0.6) is 0 Å². The van der Waals surface area contributed by atoms with Crippen LogP contribution in [0.4, 0.5) is 5.82 Å². The zero-order chi connectivity index (χ0) is 10.6. The van der Waals surface area contributed by atoms with Gasteiger partial charge in [-0.2, -0.15) is 0 Å². The summed E-state index contributed by atoms with van der Waals surface area (Å²) in [4.78, 5) is 8.81. The number of rotatable bonds is 4. The van der Waals surface area contributed by atoms with E-state index in [1.165, 1.54) is 0 Å². The molecule has 1 aromatic rings. The van der Waals surface area contributed by atoms with E-state index in [0.717, 1.165) is 23.8 Å². The highest BCUT2D eigenvalue weighted by Gasteiger charge is 2.06. The van der Waals surface area contributed by atoms with Crippen LogP contribution in [0.3, 0.4) is 0 Å². The van der Waals surface area contributed by atoms with E-state index >= 15 is 0 Å². The summed E-state index contributed by atoms with van der Waals surface area (Å²) in [6.45, 7) is 4.79. The molecule has 14 heavy (non-hydrogen) atoms. The standard InChI is InChI=1S/C10H18N4/c1-7(2)10-13-8(4-5-11)6-9(12-3)14-10/h6-7H,4-5,11H2,1-3H3,(H,12,13,14). The Balaban J connectivity index is 3.00. The predicted octanol–water partition coefficient (Wildman–Crippen LogP) is 1.14. The van der Waals surface area contributed by atoms with Crippen molar-refractivity contribution in [2.75, 3.05) is 18.9 Å². The van der Waals surface area contributed by atoms with E-state index in [9.17, 15) is 0 Å². The highest BCUT2D eigenvalue weighted by atomic mass is 15.0. The Morgan fingerprint density at radius 1 is 1.43 bits per heavy atom. The number of anilines is 1. The third-order valence-electron chi connectivity index (χ3n) is 1.97. The molecule has 0 unspecified atom stereocenters. The maximum absolute atomic E-state index is 5.50. The van der Waals surface area contributed by atoms with Crippen LogP contribution in [0, 0.1) is 0 Å². The average Bonchev–Trinajstić information content (AvgIpc) is 2.17. The second kappa shape index (κ2) is 4.91. The fourth-order valence-electron chi connectivity index (χ4n) is 1.18. The first-order chi connectivity index (χ1) is 6.67. The largest absolute Gasteiger partial charge is 0.373 e. The molecule has 1 aromatic heterocycles. The lowest BCUT2D eigenvalue weighted by Gasteiger charge is -2.09. The fraction of sp³-hybridized carbons (Fsp3) is 0.600. The molecule has 0 amide bonds. The number of hydrogen-bond donors (Lipinski definition) is 2. The molecule has 0 spiro atoms. The molecule has 0 atom stereocenters. The van der Waals surface area contributed by atoms with Crippen molar-refractivity contribution in [1.82, 2.24) is 9.97 Å². The van der Waals surface area contributed by atoms with E-state index in [0.29, 0.717) is 12.5 Å². The molecule has 0 aliphatic rings. The molecule has 0 aliphatic heterocycles. The summed E-state index contributed by atoms with van der Waals surface area (Å²) in [5.74, 6) is 2.09. The van der Waals surface area contributed by atoms with Crippen LogP contribution in [0.15, 0.2) is 6.07 Å². The Morgan fingerprint density at radius 3 is 2.64 bits per heavy atom. The van der Waals surface area contributed by atoms with Crippen molar-refractivity contribution in [3.8, 4) is 0 Å². The van der Waals surface area contributed by atoms with Gasteiger partial charge in [0.25, 0.3) is 0 Å². The lowest BCUT2D eigenvalue weighted by Crippen LogP contribution is -2.09. The van der Waals surface area contributed by atoms with Gasteiger partial charge in [0.15, 0.2) is 0 Å². The Morgan fingerprint density at radius 2 is 2.14 bits per heavy atom. The van der Waals surface area contributed by atoms with Gasteiger partial charge in [-0.1, -0.05) is 13.8 Å². The summed E-state index contributed by atoms with van der Waals surface area (Å²) in [6.07, 6.45) is 0.803. The summed E-state index contributed by atoms with van der Waals surface area (Å²) in [5, 5.41) is 3.03. The Bertz CT molecular complexity index is 296. The Kier molecular flexibility index (Phi) is 3.83. The van der Waals surface area contributed by atoms with E-state index in [1.807, 2.05) is 13.1 Å². The fourth-order valence-corrected chi connectivity index (χ4v) is 1.18. The smallest absolute Gasteiger partial charge is 0.133 e. The molecule has 4 heteroatoms. The first-order valence-corrected chi connectivity index (χ1v) is 4.93. The number of hydrogen-bond acceptors (Lipinski definition) is 4. The van der Waals surface area contributed by atoms with Gasteiger partial charge in [-0.05, 0) is 6.54 Å². The highest BCUT2D eigenvalue weighted by Crippen LogP contribution is 2.13. The van der Waals surface area contributed by atoms with Crippen molar-refractivity contribution in [2.45, 2.75) is 26.2 Å². The second-order valence-corrected chi connectivity index (χ2v) is 3.55. The van der Waals surface area contributed by atoms with Gasteiger partial charge in [0.2, 0.25) is 0 Å². The van der Waals surface area contributed by atoms with Gasteiger partial charge in [0.1, 0.15) is 11.6 Å².